The molecule has 0 heterocycles. The molecule has 6 nitrogen and oxygen atoms in total. The topological polar surface area (TPSA) is 69.2 Å². The van der Waals surface area contributed by atoms with Crippen LogP contribution >= 0.6 is 0 Å². The van der Waals surface area contributed by atoms with E-state index < -0.39 is 0 Å². The maximum absolute atomic E-state index is 12.5. The SMILES string of the molecule is COc1ccc(C(=O)N/N=C/c2ccccc2OCc2cccc3ccccc23)cc1OC. The van der Waals surface area contributed by atoms with E-state index in [0.29, 0.717) is 29.4 Å². The molecule has 4 aromatic rings. The Morgan fingerprint density at radius 2 is 1.61 bits per heavy atom. The van der Waals surface area contributed by atoms with E-state index in [9.17, 15) is 4.79 Å². The van der Waals surface area contributed by atoms with Crippen LogP contribution in [0.5, 0.6) is 17.2 Å². The van der Waals surface area contributed by atoms with Crippen molar-refractivity contribution in [3.8, 4) is 17.2 Å². The van der Waals surface area contributed by atoms with E-state index in [1.165, 1.54) is 12.5 Å². The highest BCUT2D eigenvalue weighted by Crippen LogP contribution is 2.27. The number of rotatable bonds is 8. The monoisotopic (exact) mass is 440 g/mol. The highest BCUT2D eigenvalue weighted by atomic mass is 16.5. The van der Waals surface area contributed by atoms with Crippen LogP contribution in [0.15, 0.2) is 90.0 Å². The van der Waals surface area contributed by atoms with Crippen LogP contribution in [-0.2, 0) is 6.61 Å². The summed E-state index contributed by atoms with van der Waals surface area (Å²) in [6.45, 7) is 0.421. The quantitative estimate of drug-likeness (QED) is 0.302. The maximum atomic E-state index is 12.5. The zero-order valence-electron chi connectivity index (χ0n) is 18.4. The van der Waals surface area contributed by atoms with Crippen LogP contribution < -0.4 is 19.6 Å². The molecule has 0 radical (unpaired) electrons. The average molecular weight is 440 g/mol. The van der Waals surface area contributed by atoms with E-state index >= 15 is 0 Å². The Morgan fingerprint density at radius 3 is 2.45 bits per heavy atom. The lowest BCUT2D eigenvalue weighted by Gasteiger charge is -2.11. The third-order valence-corrected chi connectivity index (χ3v) is 5.20. The summed E-state index contributed by atoms with van der Waals surface area (Å²) >= 11 is 0. The number of hydrogen-bond donors (Lipinski definition) is 1. The number of nitrogens with one attached hydrogen (secondary N) is 1. The number of carbonyl (C=O) groups excluding carboxylic acids is 1. The minimum atomic E-state index is -0.360. The van der Waals surface area contributed by atoms with E-state index in [-0.39, 0.29) is 5.91 Å². The van der Waals surface area contributed by atoms with Gasteiger partial charge in [-0.15, -0.1) is 0 Å². The summed E-state index contributed by atoms with van der Waals surface area (Å²) in [5.41, 5.74) is 4.80. The van der Waals surface area contributed by atoms with Gasteiger partial charge in [-0.1, -0.05) is 54.6 Å². The van der Waals surface area contributed by atoms with Crippen molar-refractivity contribution in [3.05, 3.63) is 102 Å². The normalized spacial score (nSPS) is 10.8. The van der Waals surface area contributed by atoms with Gasteiger partial charge in [-0.3, -0.25) is 4.79 Å². The Kier molecular flexibility index (Phi) is 6.85. The lowest BCUT2D eigenvalue weighted by atomic mass is 10.1. The number of ether oxygens (including phenoxy) is 3. The van der Waals surface area contributed by atoms with Gasteiger partial charge in [-0.2, -0.15) is 5.10 Å². The molecule has 4 aromatic carbocycles. The number of amides is 1. The number of hydrazone groups is 1. The molecule has 33 heavy (non-hydrogen) atoms. The van der Waals surface area contributed by atoms with Crippen molar-refractivity contribution in [3.63, 3.8) is 0 Å². The molecule has 1 N–H and O–H groups in total. The molecule has 0 spiro atoms. The number of methoxy groups -OCH3 is 2. The largest absolute Gasteiger partial charge is 0.493 e. The van der Waals surface area contributed by atoms with Gasteiger partial charge in [-0.25, -0.2) is 5.43 Å². The van der Waals surface area contributed by atoms with Gasteiger partial charge in [0.05, 0.1) is 20.4 Å². The van der Waals surface area contributed by atoms with Crippen molar-refractivity contribution < 1.29 is 19.0 Å². The molecule has 4 rings (SSSR count). The molecule has 0 aliphatic heterocycles. The van der Waals surface area contributed by atoms with E-state index in [0.717, 1.165) is 16.5 Å². The Balaban J connectivity index is 1.45. The molecule has 0 atom stereocenters. The van der Waals surface area contributed by atoms with E-state index in [2.05, 4.69) is 34.8 Å². The van der Waals surface area contributed by atoms with Crippen molar-refractivity contribution in [1.82, 2.24) is 5.43 Å². The Morgan fingerprint density at radius 1 is 0.848 bits per heavy atom. The molecule has 0 fully saturated rings. The molecule has 0 bridgehead atoms. The highest BCUT2D eigenvalue weighted by molar-refractivity contribution is 5.95. The summed E-state index contributed by atoms with van der Waals surface area (Å²) in [4.78, 5) is 12.5. The van der Waals surface area contributed by atoms with Crippen LogP contribution in [0.2, 0.25) is 0 Å². The molecule has 6 heteroatoms. The molecule has 166 valence electrons. The highest BCUT2D eigenvalue weighted by Gasteiger charge is 2.10. The molecule has 0 unspecified atom stereocenters. The molecular weight excluding hydrogens is 416 g/mol. The zero-order chi connectivity index (χ0) is 23.0. The Hall–Kier alpha value is -4.32. The number of hydrogen-bond acceptors (Lipinski definition) is 5. The zero-order valence-corrected chi connectivity index (χ0v) is 18.4. The summed E-state index contributed by atoms with van der Waals surface area (Å²) in [5, 5.41) is 6.44. The molecule has 0 aliphatic rings. The fraction of sp³-hybridized carbons (Fsp3) is 0.111. The summed E-state index contributed by atoms with van der Waals surface area (Å²) < 4.78 is 16.5. The Labute approximate surface area is 192 Å². The number of fused-ring (bicyclic) bond motifs is 1. The third-order valence-electron chi connectivity index (χ3n) is 5.20. The first-order valence-electron chi connectivity index (χ1n) is 10.4. The number of carbonyl (C=O) groups is 1. The van der Waals surface area contributed by atoms with Crippen molar-refractivity contribution in [1.29, 1.82) is 0 Å². The number of para-hydroxylation sites is 1. The predicted octanol–water partition coefficient (Wildman–Crippen LogP) is 5.20. The lowest BCUT2D eigenvalue weighted by Crippen LogP contribution is -2.17. The first-order valence-corrected chi connectivity index (χ1v) is 10.4. The average Bonchev–Trinajstić information content (AvgIpc) is 2.87. The van der Waals surface area contributed by atoms with Crippen molar-refractivity contribution in [2.24, 2.45) is 5.10 Å². The lowest BCUT2D eigenvalue weighted by molar-refractivity contribution is 0.0954. The minimum Gasteiger partial charge on any atom is -0.493 e. The number of nitrogens with zero attached hydrogens (tertiary/aromatic N) is 1. The fourth-order valence-corrected chi connectivity index (χ4v) is 3.49. The van der Waals surface area contributed by atoms with Gasteiger partial charge in [0.25, 0.3) is 5.91 Å². The van der Waals surface area contributed by atoms with Crippen LogP contribution in [0.4, 0.5) is 0 Å². The standard InChI is InChI=1S/C27H24N2O4/c1-31-25-15-14-20(16-26(25)32-2)27(30)29-28-17-21-9-4-6-13-24(21)33-18-22-11-7-10-19-8-3-5-12-23(19)22/h3-17H,18H2,1-2H3,(H,29,30)/b28-17+. The first-order chi connectivity index (χ1) is 16.2. The van der Waals surface area contributed by atoms with Gasteiger partial charge in [0, 0.05) is 11.1 Å². The summed E-state index contributed by atoms with van der Waals surface area (Å²) in [5.74, 6) is 1.34. The van der Waals surface area contributed by atoms with Gasteiger partial charge in [0.2, 0.25) is 0 Å². The van der Waals surface area contributed by atoms with Crippen molar-refractivity contribution >= 4 is 22.9 Å². The first kappa shape index (κ1) is 21.9. The van der Waals surface area contributed by atoms with Gasteiger partial charge in [0.1, 0.15) is 12.4 Å². The molecular formula is C27H24N2O4. The van der Waals surface area contributed by atoms with Crippen LogP contribution in [0, 0.1) is 0 Å². The second-order valence-corrected chi connectivity index (χ2v) is 7.23. The second-order valence-electron chi connectivity index (χ2n) is 7.23. The van der Waals surface area contributed by atoms with E-state index in [4.69, 9.17) is 14.2 Å². The summed E-state index contributed by atoms with van der Waals surface area (Å²) in [6, 6.07) is 26.9. The maximum Gasteiger partial charge on any atom is 0.271 e. The predicted molar refractivity (Wildman–Crippen MR) is 129 cm³/mol. The fourth-order valence-electron chi connectivity index (χ4n) is 3.49. The summed E-state index contributed by atoms with van der Waals surface area (Å²) in [6.07, 6.45) is 1.57. The van der Waals surface area contributed by atoms with Crippen molar-refractivity contribution in [2.75, 3.05) is 14.2 Å². The van der Waals surface area contributed by atoms with Gasteiger partial charge in [-0.05, 0) is 46.7 Å². The molecule has 1 amide bonds. The van der Waals surface area contributed by atoms with Crippen LogP contribution in [0.3, 0.4) is 0 Å². The van der Waals surface area contributed by atoms with Crippen LogP contribution in [0.25, 0.3) is 10.8 Å². The Bertz CT molecular complexity index is 1300. The van der Waals surface area contributed by atoms with Gasteiger partial charge < -0.3 is 14.2 Å². The smallest absolute Gasteiger partial charge is 0.271 e. The van der Waals surface area contributed by atoms with Crippen LogP contribution in [-0.4, -0.2) is 26.3 Å². The van der Waals surface area contributed by atoms with Gasteiger partial charge >= 0.3 is 0 Å². The molecule has 0 saturated heterocycles. The molecule has 0 aliphatic carbocycles. The second kappa shape index (κ2) is 10.3. The van der Waals surface area contributed by atoms with Crippen molar-refractivity contribution in [2.45, 2.75) is 6.61 Å². The minimum absolute atomic E-state index is 0.360. The van der Waals surface area contributed by atoms with Gasteiger partial charge in [0.15, 0.2) is 11.5 Å². The van der Waals surface area contributed by atoms with E-state index in [1.807, 2.05) is 42.5 Å². The molecule has 0 aromatic heterocycles. The summed E-state index contributed by atoms with van der Waals surface area (Å²) in [7, 11) is 3.06. The van der Waals surface area contributed by atoms with Crippen LogP contribution in [0.1, 0.15) is 21.5 Å². The third kappa shape index (κ3) is 5.13. The van der Waals surface area contributed by atoms with E-state index in [1.54, 1.807) is 31.5 Å². The number of benzene rings is 4. The molecule has 0 saturated carbocycles.